The third-order valence-corrected chi connectivity index (χ3v) is 12.8. The lowest BCUT2D eigenvalue weighted by atomic mass is 10.0. The van der Waals surface area contributed by atoms with Crippen LogP contribution < -0.4 is 15.2 Å². The predicted octanol–water partition coefficient (Wildman–Crippen LogP) is 6.81. The number of pyridine rings is 1. The molecular weight excluding hydrogens is 1040 g/mol. The first-order valence-corrected chi connectivity index (χ1v) is 23.2. The maximum Gasteiger partial charge on any atom is 0.490 e. The molecular formula is C42H51Cl2F9N6O11S. The molecule has 3 atom stereocenters. The number of alkyl halides is 9. The number of hydrogen-bond acceptors (Lipinski definition) is 11. The van der Waals surface area contributed by atoms with Gasteiger partial charge in [-0.3, -0.25) is 9.59 Å². The van der Waals surface area contributed by atoms with Gasteiger partial charge in [-0.25, -0.2) is 32.5 Å². The Hall–Kier alpha value is -5.22. The van der Waals surface area contributed by atoms with E-state index in [4.69, 9.17) is 63.4 Å². The van der Waals surface area contributed by atoms with Crippen molar-refractivity contribution in [3.63, 3.8) is 0 Å². The van der Waals surface area contributed by atoms with Gasteiger partial charge in [0.1, 0.15) is 22.8 Å². The summed E-state index contributed by atoms with van der Waals surface area (Å²) in [7, 11) is -0.111. The van der Waals surface area contributed by atoms with Gasteiger partial charge < -0.3 is 40.5 Å². The maximum absolute atomic E-state index is 13.8. The minimum Gasteiger partial charge on any atom is -0.487 e. The number of piperazine rings is 1. The highest BCUT2D eigenvalue weighted by Gasteiger charge is 2.41. The molecule has 3 aromatic rings. The van der Waals surface area contributed by atoms with Crippen LogP contribution in [-0.4, -0.2) is 151 Å². The largest absolute Gasteiger partial charge is 0.490 e. The number of carboxylic acids is 3. The molecule has 0 spiro atoms. The predicted molar refractivity (Wildman–Crippen MR) is 238 cm³/mol. The van der Waals surface area contributed by atoms with Gasteiger partial charge in [-0.15, -0.1) is 0 Å². The second kappa shape index (κ2) is 26.5. The molecule has 1 aliphatic heterocycles. The number of hydrogen-bond donors (Lipinski definition) is 5. The number of nitrogens with one attached hydrogen (secondary N) is 1. The standard InChI is InChI=1S/C36H48Cl2N6O5S.3C2HF3O2/c1-23-20-24(2)40-35-26(23)9-6-12-31(35)49-22-28-29(37)13-14-32(34(28)38)50(47,48)41-30-11-5-10-27(30)36(46)44-18-16-43(17-19-44)33(45)21-25(39)8-7-15-42(3)4;3*3-2(4,5)1(6)7/h6,9,12-14,20,25,27,30,41H,5,7-8,10-11,15-19,21-22,39H2,1-4H3;3*(H,6,7)/t25-,27?,30?;;;/m0.../s1. The summed E-state index contributed by atoms with van der Waals surface area (Å²) in [5.41, 5.74) is 9.16. The maximum atomic E-state index is 13.8. The third kappa shape index (κ3) is 19.7. The number of nitrogens with zero attached hydrogens (tertiary/aromatic N) is 4. The Morgan fingerprint density at radius 3 is 1.89 bits per heavy atom. The number of amides is 2. The number of para-hydroxylation sites is 1. The van der Waals surface area contributed by atoms with Gasteiger partial charge in [0.25, 0.3) is 0 Å². The van der Waals surface area contributed by atoms with Crippen molar-refractivity contribution < 1.29 is 92.0 Å². The van der Waals surface area contributed by atoms with Gasteiger partial charge in [-0.05, 0) is 90.0 Å². The number of benzene rings is 2. The number of fused-ring (bicyclic) bond motifs is 1. The Balaban J connectivity index is 0.000000685. The Bertz CT molecular complexity index is 2400. The Labute approximate surface area is 411 Å². The number of carboxylic acid groups (broad SMARTS) is 3. The van der Waals surface area contributed by atoms with E-state index in [1.165, 1.54) is 12.1 Å². The van der Waals surface area contributed by atoms with Crippen LogP contribution in [0.15, 0.2) is 41.3 Å². The van der Waals surface area contributed by atoms with E-state index in [-0.39, 0.29) is 45.8 Å². The van der Waals surface area contributed by atoms with E-state index in [2.05, 4.69) is 14.6 Å². The summed E-state index contributed by atoms with van der Waals surface area (Å²) in [5.74, 6) is -8.36. The van der Waals surface area contributed by atoms with E-state index < -0.39 is 58.4 Å². The normalized spacial score (nSPS) is 16.7. The summed E-state index contributed by atoms with van der Waals surface area (Å²) < 4.78 is 132. The molecule has 398 valence electrons. The van der Waals surface area contributed by atoms with E-state index in [0.29, 0.717) is 62.3 Å². The van der Waals surface area contributed by atoms with Crippen LogP contribution in [0.5, 0.6) is 5.75 Å². The number of nitrogens with two attached hydrogens (primary N) is 1. The highest BCUT2D eigenvalue weighted by Crippen LogP contribution is 2.36. The lowest BCUT2D eigenvalue weighted by molar-refractivity contribution is -0.193. The van der Waals surface area contributed by atoms with Gasteiger partial charge >= 0.3 is 36.4 Å². The molecule has 71 heavy (non-hydrogen) atoms. The van der Waals surface area contributed by atoms with Gasteiger partial charge in [0, 0.05) is 66.3 Å². The molecule has 1 saturated carbocycles. The molecule has 0 bridgehead atoms. The average Bonchev–Trinajstić information content (AvgIpc) is 3.70. The van der Waals surface area contributed by atoms with Crippen LogP contribution in [-0.2, 0) is 40.6 Å². The number of carbonyl (C=O) groups excluding carboxylic acids is 2. The zero-order chi connectivity index (χ0) is 54.4. The van der Waals surface area contributed by atoms with Crippen LogP contribution in [0.1, 0.15) is 55.3 Å². The van der Waals surface area contributed by atoms with Crippen molar-refractivity contribution in [1.29, 1.82) is 0 Å². The highest BCUT2D eigenvalue weighted by atomic mass is 35.5. The molecule has 6 N–H and O–H groups in total. The summed E-state index contributed by atoms with van der Waals surface area (Å²) in [5, 5.41) is 22.6. The molecule has 2 fully saturated rings. The third-order valence-electron chi connectivity index (χ3n) is 10.4. The first kappa shape index (κ1) is 61.9. The van der Waals surface area contributed by atoms with Gasteiger partial charge in [-0.2, -0.15) is 39.5 Å². The van der Waals surface area contributed by atoms with Gasteiger partial charge in [0.15, 0.2) is 0 Å². The molecule has 2 aromatic carbocycles. The van der Waals surface area contributed by atoms with Crippen LogP contribution >= 0.6 is 23.2 Å². The van der Waals surface area contributed by atoms with E-state index in [0.717, 1.165) is 36.0 Å². The van der Waals surface area contributed by atoms with E-state index in [9.17, 15) is 57.5 Å². The van der Waals surface area contributed by atoms with E-state index in [1.54, 1.807) is 15.9 Å². The molecule has 17 nitrogen and oxygen atoms in total. The van der Waals surface area contributed by atoms with Crippen LogP contribution in [0.4, 0.5) is 39.5 Å². The number of carbonyl (C=O) groups is 5. The molecule has 2 unspecified atom stereocenters. The minimum absolute atomic E-state index is 0.00421. The lowest BCUT2D eigenvalue weighted by Gasteiger charge is -2.37. The molecule has 1 aliphatic carbocycles. The average molecular weight is 1090 g/mol. The second-order valence-corrected chi connectivity index (χ2v) is 18.6. The van der Waals surface area contributed by atoms with Crippen molar-refractivity contribution in [3.8, 4) is 5.75 Å². The Kier molecular flexibility index (Phi) is 23.1. The number of ether oxygens (including phenoxy) is 1. The van der Waals surface area contributed by atoms with Gasteiger partial charge in [0.2, 0.25) is 21.8 Å². The number of sulfonamides is 1. The molecule has 2 aliphatic rings. The molecule has 1 saturated heterocycles. The lowest BCUT2D eigenvalue weighted by Crippen LogP contribution is -2.54. The van der Waals surface area contributed by atoms with Crippen LogP contribution in [0.25, 0.3) is 10.9 Å². The summed E-state index contributed by atoms with van der Waals surface area (Å²) in [6, 6.07) is 9.73. The first-order valence-electron chi connectivity index (χ1n) is 20.9. The van der Waals surface area contributed by atoms with Crippen LogP contribution in [0, 0.1) is 19.8 Å². The summed E-state index contributed by atoms with van der Waals surface area (Å²) >= 11 is 13.2. The molecule has 5 rings (SSSR count). The minimum atomic E-state index is -5.08. The first-order chi connectivity index (χ1) is 32.6. The monoisotopic (exact) mass is 1090 g/mol. The molecule has 0 radical (unpaired) electrons. The quantitative estimate of drug-likeness (QED) is 0.110. The highest BCUT2D eigenvalue weighted by molar-refractivity contribution is 7.89. The SMILES string of the molecule is Cc1cc(C)c2cccc(OCc3c(Cl)ccc(S(=O)(=O)NC4CCCC4C(=O)N4CCN(C(=O)C[C@@H](N)CCCN(C)C)CC4)c3Cl)c2n1.O=C(O)C(F)(F)F.O=C(O)C(F)(F)F.O=C(O)C(F)(F)F. The van der Waals surface area contributed by atoms with Gasteiger partial charge in [-0.1, -0.05) is 41.8 Å². The summed E-state index contributed by atoms with van der Waals surface area (Å²) in [6.07, 6.45) is -11.5. The van der Waals surface area contributed by atoms with Crippen molar-refractivity contribution in [2.24, 2.45) is 11.7 Å². The molecule has 1 aromatic heterocycles. The van der Waals surface area contributed by atoms with Crippen molar-refractivity contribution in [2.75, 3.05) is 46.8 Å². The van der Waals surface area contributed by atoms with Crippen LogP contribution in [0.3, 0.4) is 0 Å². The molecule has 29 heteroatoms. The Morgan fingerprint density at radius 2 is 1.38 bits per heavy atom. The fourth-order valence-electron chi connectivity index (χ4n) is 6.93. The summed E-state index contributed by atoms with van der Waals surface area (Å²) in [4.78, 5) is 63.4. The second-order valence-electron chi connectivity index (χ2n) is 16.1. The van der Waals surface area contributed by atoms with E-state index >= 15 is 0 Å². The van der Waals surface area contributed by atoms with E-state index in [1.807, 2.05) is 46.1 Å². The van der Waals surface area contributed by atoms with Gasteiger partial charge in [0.05, 0.1) is 10.9 Å². The number of aromatic nitrogens is 1. The number of aryl methyl sites for hydroxylation is 2. The zero-order valence-electron chi connectivity index (χ0n) is 38.2. The zero-order valence-corrected chi connectivity index (χ0v) is 40.5. The smallest absolute Gasteiger partial charge is 0.487 e. The molecule has 2 amide bonds. The number of aliphatic carboxylic acids is 3. The fraction of sp³-hybridized carbons (Fsp3) is 0.524. The topological polar surface area (TPSA) is 250 Å². The number of halogens is 11. The van der Waals surface area contributed by atoms with Crippen molar-refractivity contribution in [3.05, 3.63) is 63.3 Å². The fourth-order valence-corrected chi connectivity index (χ4v) is 9.13. The van der Waals surface area contributed by atoms with Crippen LogP contribution in [0.2, 0.25) is 10.0 Å². The van der Waals surface area contributed by atoms with Crippen molar-refractivity contribution in [1.82, 2.24) is 24.4 Å². The Morgan fingerprint density at radius 1 is 0.859 bits per heavy atom. The summed E-state index contributed by atoms with van der Waals surface area (Å²) in [6.45, 7) is 6.42. The molecule has 2 heterocycles. The number of rotatable bonds is 13. The van der Waals surface area contributed by atoms with Crippen molar-refractivity contribution in [2.45, 2.75) is 94.5 Å². The van der Waals surface area contributed by atoms with Crippen molar-refractivity contribution >= 4 is 73.9 Å².